The van der Waals surface area contributed by atoms with Gasteiger partial charge in [0.05, 0.1) is 24.9 Å². The second-order valence-electron chi connectivity index (χ2n) is 7.85. The molecule has 0 radical (unpaired) electrons. The predicted octanol–water partition coefficient (Wildman–Crippen LogP) is 3.07. The number of aromatic nitrogens is 3. The molecule has 8 nitrogen and oxygen atoms in total. The van der Waals surface area contributed by atoms with Gasteiger partial charge in [-0.1, -0.05) is 0 Å². The molecule has 0 saturated carbocycles. The van der Waals surface area contributed by atoms with Crippen molar-refractivity contribution in [1.29, 1.82) is 0 Å². The summed E-state index contributed by atoms with van der Waals surface area (Å²) in [6.45, 7) is 5.89. The topological polar surface area (TPSA) is 107 Å². The number of ether oxygens (including phenoxy) is 2. The minimum Gasteiger partial charge on any atom is -0.476 e. The van der Waals surface area contributed by atoms with E-state index in [2.05, 4.69) is 10.1 Å². The van der Waals surface area contributed by atoms with E-state index in [1.807, 2.05) is 0 Å². The van der Waals surface area contributed by atoms with E-state index in [0.717, 1.165) is 12.4 Å². The van der Waals surface area contributed by atoms with Crippen LogP contribution in [0.15, 0.2) is 12.4 Å². The Morgan fingerprint density at radius 3 is 2.34 bits per heavy atom. The number of halogens is 3. The minimum atomic E-state index is -4.87. The molecule has 29 heavy (non-hydrogen) atoms. The molecule has 11 heteroatoms. The monoisotopic (exact) mass is 415 g/mol. The molecule has 1 aliphatic heterocycles. The van der Waals surface area contributed by atoms with Gasteiger partial charge in [-0.2, -0.15) is 18.3 Å². The van der Waals surface area contributed by atoms with Gasteiger partial charge in [0.2, 0.25) is 5.88 Å². The van der Waals surface area contributed by atoms with Crippen LogP contribution in [0.3, 0.4) is 0 Å². The summed E-state index contributed by atoms with van der Waals surface area (Å²) in [4.78, 5) is 15.2. The third-order valence-electron chi connectivity index (χ3n) is 4.49. The van der Waals surface area contributed by atoms with Gasteiger partial charge in [0.15, 0.2) is 11.4 Å². The van der Waals surface area contributed by atoms with Crippen molar-refractivity contribution in [3.05, 3.63) is 34.8 Å². The molecule has 0 spiro atoms. The maximum absolute atomic E-state index is 13.9. The molecule has 0 aliphatic carbocycles. The lowest BCUT2D eigenvalue weighted by molar-refractivity contribution is -0.192. The summed E-state index contributed by atoms with van der Waals surface area (Å²) in [5, 5.41) is 23.7. The van der Waals surface area contributed by atoms with Crippen LogP contribution in [-0.2, 0) is 22.1 Å². The highest BCUT2D eigenvalue weighted by Crippen LogP contribution is 2.45. The number of alkyl halides is 3. The van der Waals surface area contributed by atoms with Crippen LogP contribution in [-0.4, -0.2) is 44.2 Å². The number of nitrogens with zero attached hydrogens (tertiary/aromatic N) is 3. The number of hydrogen-bond acceptors (Lipinski definition) is 6. The second kappa shape index (κ2) is 6.70. The number of carboxylic acids is 1. The number of rotatable bonds is 4. The molecule has 2 aromatic rings. The van der Waals surface area contributed by atoms with Crippen molar-refractivity contribution in [1.82, 2.24) is 14.8 Å². The molecule has 2 N–H and O–H groups in total. The molecule has 158 valence electrons. The van der Waals surface area contributed by atoms with Crippen LogP contribution < -0.4 is 4.74 Å². The summed E-state index contributed by atoms with van der Waals surface area (Å²) in [6, 6.07) is 0. The standard InChI is InChI=1S/C18H20F3N3O5/c1-9-13(15(25)26)23-24(16(2,3)4)14(9)29-11-6-22-5-10(12(11)18(19,20)21)17(27)7-28-8-17/h5-6,27H,7-8H2,1-4H3,(H,25,26). The first-order valence-corrected chi connectivity index (χ1v) is 8.63. The van der Waals surface area contributed by atoms with Gasteiger partial charge in [-0.05, 0) is 27.7 Å². The van der Waals surface area contributed by atoms with Crippen molar-refractivity contribution >= 4 is 5.97 Å². The van der Waals surface area contributed by atoms with Crippen molar-refractivity contribution in [2.24, 2.45) is 0 Å². The molecule has 0 bridgehead atoms. The number of aromatic carboxylic acids is 1. The van der Waals surface area contributed by atoms with E-state index >= 15 is 0 Å². The van der Waals surface area contributed by atoms with E-state index in [0.29, 0.717) is 0 Å². The zero-order valence-electron chi connectivity index (χ0n) is 16.2. The Bertz CT molecular complexity index is 959. The number of carboxylic acid groups (broad SMARTS) is 1. The van der Waals surface area contributed by atoms with Crippen molar-refractivity contribution < 1.29 is 37.7 Å². The van der Waals surface area contributed by atoms with Crippen LogP contribution in [0.5, 0.6) is 11.6 Å². The zero-order valence-corrected chi connectivity index (χ0v) is 16.2. The maximum atomic E-state index is 13.9. The van der Waals surface area contributed by atoms with Gasteiger partial charge in [0.1, 0.15) is 11.2 Å². The van der Waals surface area contributed by atoms with Crippen molar-refractivity contribution in [3.8, 4) is 11.6 Å². The maximum Gasteiger partial charge on any atom is 0.420 e. The van der Waals surface area contributed by atoms with Gasteiger partial charge >= 0.3 is 12.1 Å². The highest BCUT2D eigenvalue weighted by atomic mass is 19.4. The summed E-state index contributed by atoms with van der Waals surface area (Å²) in [7, 11) is 0. The van der Waals surface area contributed by atoms with Crippen molar-refractivity contribution in [2.45, 2.75) is 45.0 Å². The third kappa shape index (κ3) is 3.67. The summed E-state index contributed by atoms with van der Waals surface area (Å²) in [5.74, 6) is -2.16. The molecule has 1 saturated heterocycles. The van der Waals surface area contributed by atoms with Crippen LogP contribution in [0.4, 0.5) is 13.2 Å². The summed E-state index contributed by atoms with van der Waals surface area (Å²) >= 11 is 0. The van der Waals surface area contributed by atoms with E-state index in [-0.39, 0.29) is 30.4 Å². The lowest BCUT2D eigenvalue weighted by Gasteiger charge is -2.38. The molecule has 1 fully saturated rings. The zero-order chi connectivity index (χ0) is 21.8. The average molecular weight is 415 g/mol. The lowest BCUT2D eigenvalue weighted by Crippen LogP contribution is -2.47. The van der Waals surface area contributed by atoms with Crippen LogP contribution in [0.2, 0.25) is 0 Å². The minimum absolute atomic E-state index is 0.0663. The van der Waals surface area contributed by atoms with Crippen LogP contribution in [0.25, 0.3) is 0 Å². The van der Waals surface area contributed by atoms with E-state index in [1.54, 1.807) is 20.8 Å². The van der Waals surface area contributed by atoms with Gasteiger partial charge < -0.3 is 19.7 Å². The lowest BCUT2D eigenvalue weighted by atomic mass is 9.89. The van der Waals surface area contributed by atoms with Crippen LogP contribution >= 0.6 is 0 Å². The molecular weight excluding hydrogens is 395 g/mol. The highest BCUT2D eigenvalue weighted by Gasteiger charge is 2.48. The molecule has 0 atom stereocenters. The Balaban J connectivity index is 2.19. The first-order valence-electron chi connectivity index (χ1n) is 8.63. The molecule has 0 amide bonds. The SMILES string of the molecule is Cc1c(C(=O)O)nn(C(C)(C)C)c1Oc1cncc(C2(O)COC2)c1C(F)(F)F. The molecule has 3 heterocycles. The predicted molar refractivity (Wildman–Crippen MR) is 92.9 cm³/mol. The van der Waals surface area contributed by atoms with Crippen LogP contribution in [0.1, 0.15) is 48.0 Å². The second-order valence-corrected chi connectivity index (χ2v) is 7.85. The number of hydrogen-bond donors (Lipinski definition) is 2. The molecule has 1 aliphatic rings. The molecular formula is C18H20F3N3O5. The summed E-state index contributed by atoms with van der Waals surface area (Å²) in [5.41, 5.74) is -4.54. The van der Waals surface area contributed by atoms with Gasteiger partial charge in [0, 0.05) is 17.3 Å². The number of pyridine rings is 1. The molecule has 3 rings (SSSR count). The Labute approximate surface area is 163 Å². The van der Waals surface area contributed by atoms with E-state index in [1.165, 1.54) is 11.6 Å². The Morgan fingerprint density at radius 2 is 1.90 bits per heavy atom. The fourth-order valence-electron chi connectivity index (χ4n) is 2.98. The van der Waals surface area contributed by atoms with Crippen LogP contribution in [0, 0.1) is 6.92 Å². The van der Waals surface area contributed by atoms with Gasteiger partial charge in [-0.3, -0.25) is 4.98 Å². The highest BCUT2D eigenvalue weighted by molar-refractivity contribution is 5.87. The quantitative estimate of drug-likeness (QED) is 0.790. The van der Waals surface area contributed by atoms with Gasteiger partial charge in [-0.25, -0.2) is 9.48 Å². The van der Waals surface area contributed by atoms with Crippen molar-refractivity contribution in [3.63, 3.8) is 0 Å². The fraction of sp³-hybridized carbons (Fsp3) is 0.500. The molecule has 2 aromatic heterocycles. The average Bonchev–Trinajstić information content (AvgIpc) is 2.88. The number of aliphatic hydroxyl groups is 1. The summed E-state index contributed by atoms with van der Waals surface area (Å²) < 4.78 is 53.3. The number of carbonyl (C=O) groups is 1. The Morgan fingerprint density at radius 1 is 1.28 bits per heavy atom. The van der Waals surface area contributed by atoms with E-state index in [9.17, 15) is 28.2 Å². The smallest absolute Gasteiger partial charge is 0.420 e. The summed E-state index contributed by atoms with van der Waals surface area (Å²) in [6.07, 6.45) is -3.07. The van der Waals surface area contributed by atoms with Crippen molar-refractivity contribution in [2.75, 3.05) is 13.2 Å². The molecule has 0 unspecified atom stereocenters. The van der Waals surface area contributed by atoms with Gasteiger partial charge in [0.25, 0.3) is 0 Å². The first-order chi connectivity index (χ1) is 13.3. The van der Waals surface area contributed by atoms with E-state index < -0.39 is 40.2 Å². The fourth-order valence-corrected chi connectivity index (χ4v) is 2.98. The largest absolute Gasteiger partial charge is 0.476 e. The Kier molecular flexibility index (Phi) is 4.86. The van der Waals surface area contributed by atoms with Gasteiger partial charge in [-0.15, -0.1) is 0 Å². The first kappa shape index (κ1) is 21.1. The Hall–Kier alpha value is -2.66. The molecule has 0 aromatic carbocycles. The normalized spacial score (nSPS) is 16.4. The third-order valence-corrected chi connectivity index (χ3v) is 4.49. The van der Waals surface area contributed by atoms with E-state index in [4.69, 9.17) is 9.47 Å².